The van der Waals surface area contributed by atoms with Crippen LogP contribution in [0, 0.1) is 13.8 Å². The fourth-order valence-corrected chi connectivity index (χ4v) is 2.72. The largest absolute Gasteiger partial charge is 0.443 e. The number of carbonyl (C=O) groups excluding carboxylic acids is 1. The molecule has 1 N–H and O–H groups in total. The van der Waals surface area contributed by atoms with Crippen molar-refractivity contribution in [3.8, 4) is 0 Å². The lowest BCUT2D eigenvalue weighted by Gasteiger charge is -2.07. The van der Waals surface area contributed by atoms with Crippen molar-refractivity contribution < 1.29 is 9.21 Å². The first-order valence-corrected chi connectivity index (χ1v) is 8.30. The number of halogens is 1. The molecule has 130 valence electrons. The highest BCUT2D eigenvalue weighted by Gasteiger charge is 2.15. The number of fused-ring (bicyclic) bond motifs is 1. The highest BCUT2D eigenvalue weighted by atomic mass is 35.5. The monoisotopic (exact) mass is 359 g/mol. The van der Waals surface area contributed by atoms with Crippen LogP contribution in [0.4, 0.5) is 0 Å². The van der Waals surface area contributed by atoms with E-state index in [0.717, 1.165) is 11.1 Å². The molecular weight excluding hydrogens is 342 g/mol. The number of amides is 1. The van der Waals surface area contributed by atoms with Crippen molar-refractivity contribution in [2.24, 2.45) is 0 Å². The van der Waals surface area contributed by atoms with Gasteiger partial charge in [-0.1, -0.05) is 23.7 Å². The number of benzene rings is 1. The SMILES string of the molecule is Cc1oc2ncn(CC(=O)NCCc3ccc(Cl)cc3)c(=O)c2c1C. The van der Waals surface area contributed by atoms with E-state index in [4.69, 9.17) is 16.0 Å². The number of hydrogen-bond donors (Lipinski definition) is 1. The van der Waals surface area contributed by atoms with Crippen LogP contribution in [0.25, 0.3) is 11.1 Å². The lowest BCUT2D eigenvalue weighted by atomic mass is 10.1. The minimum absolute atomic E-state index is 0.0773. The normalized spacial score (nSPS) is 11.0. The van der Waals surface area contributed by atoms with E-state index in [1.165, 1.54) is 10.9 Å². The van der Waals surface area contributed by atoms with E-state index in [0.29, 0.717) is 34.8 Å². The first-order chi connectivity index (χ1) is 12.0. The summed E-state index contributed by atoms with van der Waals surface area (Å²) in [5.74, 6) is 0.417. The molecule has 25 heavy (non-hydrogen) atoms. The number of carbonyl (C=O) groups is 1. The lowest BCUT2D eigenvalue weighted by Crippen LogP contribution is -2.33. The summed E-state index contributed by atoms with van der Waals surface area (Å²) < 4.78 is 6.72. The number of aryl methyl sites for hydroxylation is 2. The van der Waals surface area contributed by atoms with Gasteiger partial charge in [0.2, 0.25) is 11.6 Å². The third-order valence-corrected chi connectivity index (χ3v) is 4.37. The zero-order chi connectivity index (χ0) is 18.0. The second-order valence-corrected chi connectivity index (χ2v) is 6.30. The Bertz CT molecular complexity index is 974. The standard InChI is InChI=1S/C18H18ClN3O3/c1-11-12(2)25-17-16(11)18(24)22(10-21-17)9-15(23)20-8-7-13-3-5-14(19)6-4-13/h3-6,10H,7-9H2,1-2H3,(H,20,23). The third-order valence-electron chi connectivity index (χ3n) is 4.12. The van der Waals surface area contributed by atoms with Crippen molar-refractivity contribution in [1.82, 2.24) is 14.9 Å². The van der Waals surface area contributed by atoms with Gasteiger partial charge in [0.05, 0.1) is 0 Å². The topological polar surface area (TPSA) is 77.1 Å². The molecule has 1 amide bonds. The van der Waals surface area contributed by atoms with E-state index >= 15 is 0 Å². The van der Waals surface area contributed by atoms with Crippen molar-refractivity contribution in [1.29, 1.82) is 0 Å². The molecular formula is C18H18ClN3O3. The molecule has 0 aliphatic heterocycles. The van der Waals surface area contributed by atoms with Crippen molar-refractivity contribution in [2.75, 3.05) is 6.54 Å². The van der Waals surface area contributed by atoms with Gasteiger partial charge in [0.1, 0.15) is 24.0 Å². The minimum atomic E-state index is -0.271. The Morgan fingerprint density at radius 3 is 2.72 bits per heavy atom. The Morgan fingerprint density at radius 1 is 1.28 bits per heavy atom. The van der Waals surface area contributed by atoms with Crippen LogP contribution in [0.1, 0.15) is 16.9 Å². The second kappa shape index (κ2) is 7.11. The predicted molar refractivity (Wildman–Crippen MR) is 95.9 cm³/mol. The van der Waals surface area contributed by atoms with Gasteiger partial charge in [0.25, 0.3) is 5.56 Å². The van der Waals surface area contributed by atoms with Crippen molar-refractivity contribution >= 4 is 28.6 Å². The number of nitrogens with one attached hydrogen (secondary N) is 1. The molecule has 2 heterocycles. The van der Waals surface area contributed by atoms with E-state index in [1.54, 1.807) is 13.8 Å². The van der Waals surface area contributed by atoms with Crippen LogP contribution < -0.4 is 10.9 Å². The van der Waals surface area contributed by atoms with Gasteiger partial charge in [-0.3, -0.25) is 14.2 Å². The van der Waals surface area contributed by atoms with Crippen LogP contribution in [0.15, 0.2) is 39.8 Å². The van der Waals surface area contributed by atoms with Gasteiger partial charge in [0, 0.05) is 17.1 Å². The molecule has 0 unspecified atom stereocenters. The van der Waals surface area contributed by atoms with E-state index in [-0.39, 0.29) is 18.0 Å². The summed E-state index contributed by atoms with van der Waals surface area (Å²) in [5.41, 5.74) is 1.87. The maximum absolute atomic E-state index is 12.5. The van der Waals surface area contributed by atoms with Crippen LogP contribution in [0.3, 0.4) is 0 Å². The molecule has 0 atom stereocenters. The summed E-state index contributed by atoms with van der Waals surface area (Å²) in [6.45, 7) is 3.99. The van der Waals surface area contributed by atoms with Crippen LogP contribution in [0.5, 0.6) is 0 Å². The average Bonchev–Trinajstić information content (AvgIpc) is 2.87. The van der Waals surface area contributed by atoms with Crippen molar-refractivity contribution in [2.45, 2.75) is 26.8 Å². The predicted octanol–water partition coefficient (Wildman–Crippen LogP) is 2.62. The molecule has 7 heteroatoms. The summed E-state index contributed by atoms with van der Waals surface area (Å²) in [6, 6.07) is 7.46. The number of aromatic nitrogens is 2. The summed E-state index contributed by atoms with van der Waals surface area (Å²) in [7, 11) is 0. The quantitative estimate of drug-likeness (QED) is 0.759. The van der Waals surface area contributed by atoms with E-state index in [2.05, 4.69) is 10.3 Å². The fourth-order valence-electron chi connectivity index (χ4n) is 2.59. The molecule has 1 aromatic carbocycles. The molecule has 3 aromatic rings. The van der Waals surface area contributed by atoms with Gasteiger partial charge in [-0.2, -0.15) is 0 Å². The van der Waals surface area contributed by atoms with Gasteiger partial charge in [0.15, 0.2) is 0 Å². The number of furan rings is 1. The number of rotatable bonds is 5. The zero-order valence-electron chi connectivity index (χ0n) is 14.0. The van der Waals surface area contributed by atoms with Gasteiger partial charge in [-0.05, 0) is 38.0 Å². The van der Waals surface area contributed by atoms with Crippen LogP contribution in [0.2, 0.25) is 5.02 Å². The van der Waals surface area contributed by atoms with Crippen LogP contribution in [-0.4, -0.2) is 22.0 Å². The highest BCUT2D eigenvalue weighted by molar-refractivity contribution is 6.30. The van der Waals surface area contributed by atoms with Gasteiger partial charge < -0.3 is 9.73 Å². The Morgan fingerprint density at radius 2 is 2.00 bits per heavy atom. The molecule has 0 fully saturated rings. The van der Waals surface area contributed by atoms with Crippen molar-refractivity contribution in [3.05, 3.63) is 62.9 Å². The molecule has 0 bridgehead atoms. The molecule has 0 radical (unpaired) electrons. The van der Waals surface area contributed by atoms with Crippen LogP contribution in [-0.2, 0) is 17.8 Å². The third kappa shape index (κ3) is 3.74. The number of nitrogens with zero attached hydrogens (tertiary/aromatic N) is 2. The fraction of sp³-hybridized carbons (Fsp3) is 0.278. The molecule has 6 nitrogen and oxygen atoms in total. The van der Waals surface area contributed by atoms with E-state index in [1.807, 2.05) is 24.3 Å². The summed E-state index contributed by atoms with van der Waals surface area (Å²) >= 11 is 5.84. The first-order valence-electron chi connectivity index (χ1n) is 7.92. The molecule has 2 aromatic heterocycles. The van der Waals surface area contributed by atoms with Gasteiger partial charge in [-0.15, -0.1) is 0 Å². The lowest BCUT2D eigenvalue weighted by molar-refractivity contribution is -0.121. The smallest absolute Gasteiger partial charge is 0.265 e. The average molecular weight is 360 g/mol. The Balaban J connectivity index is 1.64. The highest BCUT2D eigenvalue weighted by Crippen LogP contribution is 2.18. The van der Waals surface area contributed by atoms with E-state index in [9.17, 15) is 9.59 Å². The molecule has 3 rings (SSSR count). The van der Waals surface area contributed by atoms with Crippen molar-refractivity contribution in [3.63, 3.8) is 0 Å². The maximum atomic E-state index is 12.5. The maximum Gasteiger partial charge on any atom is 0.265 e. The molecule has 0 saturated carbocycles. The Hall–Kier alpha value is -2.60. The summed E-state index contributed by atoms with van der Waals surface area (Å²) in [5, 5.41) is 3.91. The van der Waals surface area contributed by atoms with Crippen LogP contribution >= 0.6 is 11.6 Å². The van der Waals surface area contributed by atoms with E-state index < -0.39 is 0 Å². The number of hydrogen-bond acceptors (Lipinski definition) is 4. The summed E-state index contributed by atoms with van der Waals surface area (Å²) in [4.78, 5) is 28.7. The van der Waals surface area contributed by atoms with Gasteiger partial charge >= 0.3 is 0 Å². The molecule has 0 saturated heterocycles. The minimum Gasteiger partial charge on any atom is -0.443 e. The summed E-state index contributed by atoms with van der Waals surface area (Å²) in [6.07, 6.45) is 2.03. The van der Waals surface area contributed by atoms with Gasteiger partial charge in [-0.25, -0.2) is 4.98 Å². The molecule has 0 spiro atoms. The first kappa shape index (κ1) is 17.2. The Labute approximate surface area is 149 Å². The molecule has 0 aliphatic carbocycles. The molecule has 0 aliphatic rings. The zero-order valence-corrected chi connectivity index (χ0v) is 14.8. The Kier molecular flexibility index (Phi) is 4.90. The second-order valence-electron chi connectivity index (χ2n) is 5.87.